The number of para-hydroxylation sites is 1. The predicted molar refractivity (Wildman–Crippen MR) is 157 cm³/mol. The molecule has 5 heterocycles. The maximum Gasteiger partial charge on any atom is 0.249 e. The number of anilines is 2. The van der Waals surface area contributed by atoms with Crippen molar-refractivity contribution < 1.29 is 9.47 Å². The molecule has 0 bridgehead atoms. The summed E-state index contributed by atoms with van der Waals surface area (Å²) in [6, 6.07) is 18.2. The van der Waals surface area contributed by atoms with Gasteiger partial charge in [0.25, 0.3) is 0 Å². The Bertz CT molecular complexity index is 1780. The fourth-order valence-corrected chi connectivity index (χ4v) is 5.58. The molecule has 2 aliphatic rings. The fourth-order valence-electron chi connectivity index (χ4n) is 5.58. The van der Waals surface area contributed by atoms with E-state index in [4.69, 9.17) is 9.47 Å². The Balaban J connectivity index is 1.06. The molecule has 0 aliphatic carbocycles. The van der Waals surface area contributed by atoms with E-state index in [9.17, 15) is 4.79 Å². The van der Waals surface area contributed by atoms with Crippen LogP contribution in [0.15, 0.2) is 90.4 Å². The van der Waals surface area contributed by atoms with Gasteiger partial charge in [-0.15, -0.1) is 0 Å². The molecule has 9 nitrogen and oxygen atoms in total. The Morgan fingerprint density at radius 3 is 2.88 bits per heavy atom. The molecule has 41 heavy (non-hydrogen) atoms. The summed E-state index contributed by atoms with van der Waals surface area (Å²) in [5.41, 5.74) is 8.32. The van der Waals surface area contributed by atoms with Gasteiger partial charge < -0.3 is 24.7 Å². The maximum atomic E-state index is 11.9. The Hall–Kier alpha value is -4.89. The maximum absolute atomic E-state index is 11.9. The minimum atomic E-state index is -0.156. The number of pyridine rings is 2. The van der Waals surface area contributed by atoms with Crippen molar-refractivity contribution in [3.05, 3.63) is 118 Å². The zero-order valence-electron chi connectivity index (χ0n) is 22.7. The zero-order chi connectivity index (χ0) is 27.8. The molecule has 206 valence electrons. The first kappa shape index (κ1) is 25.1. The summed E-state index contributed by atoms with van der Waals surface area (Å²) in [4.78, 5) is 21.2. The van der Waals surface area contributed by atoms with Crippen molar-refractivity contribution >= 4 is 11.4 Å². The molecule has 1 fully saturated rings. The number of H-pyrrole nitrogens is 1. The van der Waals surface area contributed by atoms with Crippen LogP contribution in [-0.4, -0.2) is 39.4 Å². The molecule has 7 rings (SSSR count). The number of morpholine rings is 1. The number of aromatic nitrogens is 4. The first-order valence-electron chi connectivity index (χ1n) is 13.7. The normalized spacial score (nSPS) is 16.0. The van der Waals surface area contributed by atoms with Crippen molar-refractivity contribution in [3.8, 4) is 22.6 Å². The first-order valence-corrected chi connectivity index (χ1v) is 13.7. The van der Waals surface area contributed by atoms with Crippen LogP contribution in [0.5, 0.6) is 11.5 Å². The van der Waals surface area contributed by atoms with Gasteiger partial charge in [-0.05, 0) is 41.5 Å². The van der Waals surface area contributed by atoms with Crippen LogP contribution in [0, 0.1) is 0 Å². The molecular weight excluding hydrogens is 516 g/mol. The lowest BCUT2D eigenvalue weighted by atomic mass is 9.95. The van der Waals surface area contributed by atoms with Gasteiger partial charge in [-0.25, -0.2) is 0 Å². The van der Waals surface area contributed by atoms with E-state index in [2.05, 4.69) is 61.7 Å². The SMILES string of the molecule is Cn1cc(-c2cncc(CNc3ccc4c(c3)Cc3cccc(C5CN(c6cc[nH]c(=O)c6)CCO5)c3O4)c2)cn1. The number of rotatable bonds is 6. The van der Waals surface area contributed by atoms with Crippen molar-refractivity contribution in [2.24, 2.45) is 7.05 Å². The number of aryl methyl sites for hydroxylation is 1. The largest absolute Gasteiger partial charge is 0.456 e. The van der Waals surface area contributed by atoms with Crippen molar-refractivity contribution in [2.45, 2.75) is 19.1 Å². The summed E-state index contributed by atoms with van der Waals surface area (Å²) in [7, 11) is 1.91. The molecule has 0 radical (unpaired) electrons. The molecule has 5 aromatic rings. The Morgan fingerprint density at radius 1 is 1.05 bits per heavy atom. The molecule has 1 atom stereocenters. The van der Waals surface area contributed by atoms with Gasteiger partial charge in [0.05, 0.1) is 12.8 Å². The van der Waals surface area contributed by atoms with E-state index in [-0.39, 0.29) is 11.7 Å². The van der Waals surface area contributed by atoms with Crippen LogP contribution in [0.4, 0.5) is 11.4 Å². The molecule has 0 saturated carbocycles. The predicted octanol–water partition coefficient (Wildman–Crippen LogP) is 5.06. The summed E-state index contributed by atoms with van der Waals surface area (Å²) in [6.07, 6.45) is 9.89. The van der Waals surface area contributed by atoms with Gasteiger partial charge in [0, 0.05) is 97.6 Å². The summed E-state index contributed by atoms with van der Waals surface area (Å²) in [6.45, 7) is 2.62. The van der Waals surface area contributed by atoms with Crippen molar-refractivity contribution in [1.82, 2.24) is 19.7 Å². The molecule has 2 aromatic carbocycles. The number of ether oxygens (including phenoxy) is 2. The second-order valence-electron chi connectivity index (χ2n) is 10.5. The van der Waals surface area contributed by atoms with E-state index in [1.807, 2.05) is 44.0 Å². The standard InChI is InChI=1S/C32H30N6O3/c1-37-19-25(18-36-37)24-11-21(15-33-17-24)16-35-26-5-6-29-23(13-26)12-22-3-2-4-28(32(22)41-29)30-20-38(9-10-40-30)27-7-8-34-31(39)14-27/h2-8,11,13-15,17-19,30,35H,9-10,12,16,20H2,1H3,(H,34,39). The van der Waals surface area contributed by atoms with Crippen LogP contribution >= 0.6 is 0 Å². The molecule has 2 N–H and O–H groups in total. The lowest BCUT2D eigenvalue weighted by molar-refractivity contribution is 0.0384. The van der Waals surface area contributed by atoms with Gasteiger partial charge >= 0.3 is 0 Å². The van der Waals surface area contributed by atoms with Crippen LogP contribution in [0.25, 0.3) is 11.1 Å². The minimum Gasteiger partial charge on any atom is -0.456 e. The quantitative estimate of drug-likeness (QED) is 0.302. The van der Waals surface area contributed by atoms with Gasteiger partial charge in [0.2, 0.25) is 5.56 Å². The Kier molecular flexibility index (Phi) is 6.48. The van der Waals surface area contributed by atoms with Crippen LogP contribution in [0.3, 0.4) is 0 Å². The van der Waals surface area contributed by atoms with Crippen LogP contribution in [-0.2, 0) is 24.8 Å². The number of fused-ring (bicyclic) bond motifs is 2. The molecule has 0 amide bonds. The van der Waals surface area contributed by atoms with Crippen molar-refractivity contribution in [2.75, 3.05) is 29.9 Å². The molecule has 1 saturated heterocycles. The molecule has 0 spiro atoms. The number of hydrogen-bond donors (Lipinski definition) is 2. The minimum absolute atomic E-state index is 0.105. The third-order valence-electron chi connectivity index (χ3n) is 7.65. The molecule has 1 unspecified atom stereocenters. The van der Waals surface area contributed by atoms with Gasteiger partial charge in [-0.2, -0.15) is 5.10 Å². The summed E-state index contributed by atoms with van der Waals surface area (Å²) in [5, 5.41) is 7.80. The topological polar surface area (TPSA) is 97.3 Å². The van der Waals surface area contributed by atoms with Crippen molar-refractivity contribution in [1.29, 1.82) is 0 Å². The smallest absolute Gasteiger partial charge is 0.249 e. The highest BCUT2D eigenvalue weighted by molar-refractivity contribution is 5.62. The van der Waals surface area contributed by atoms with Gasteiger partial charge in [-0.3, -0.25) is 14.5 Å². The van der Waals surface area contributed by atoms with E-state index < -0.39 is 0 Å². The number of aromatic amines is 1. The molecule has 3 aromatic heterocycles. The third-order valence-corrected chi connectivity index (χ3v) is 7.65. The van der Waals surface area contributed by atoms with E-state index in [0.717, 1.165) is 69.2 Å². The van der Waals surface area contributed by atoms with E-state index >= 15 is 0 Å². The highest BCUT2D eigenvalue weighted by Gasteiger charge is 2.28. The number of nitrogens with one attached hydrogen (secondary N) is 2. The number of benzene rings is 2. The average Bonchev–Trinajstić information content (AvgIpc) is 3.45. The molecular formula is C32H30N6O3. The Labute approximate surface area is 237 Å². The summed E-state index contributed by atoms with van der Waals surface area (Å²) < 4.78 is 14.5. The monoisotopic (exact) mass is 546 g/mol. The molecule has 9 heteroatoms. The Morgan fingerprint density at radius 2 is 2.00 bits per heavy atom. The number of hydrogen-bond acceptors (Lipinski definition) is 7. The zero-order valence-corrected chi connectivity index (χ0v) is 22.7. The lowest BCUT2D eigenvalue weighted by Crippen LogP contribution is -2.39. The molecule has 2 aliphatic heterocycles. The van der Waals surface area contributed by atoms with Gasteiger partial charge in [0.15, 0.2) is 0 Å². The summed E-state index contributed by atoms with van der Waals surface area (Å²) in [5.74, 6) is 1.73. The summed E-state index contributed by atoms with van der Waals surface area (Å²) >= 11 is 0. The van der Waals surface area contributed by atoms with Crippen LogP contribution in [0.2, 0.25) is 0 Å². The highest BCUT2D eigenvalue weighted by Crippen LogP contribution is 2.43. The van der Waals surface area contributed by atoms with Crippen molar-refractivity contribution in [3.63, 3.8) is 0 Å². The number of nitrogens with zero attached hydrogens (tertiary/aromatic N) is 4. The fraction of sp³-hybridized carbons (Fsp3) is 0.219. The van der Waals surface area contributed by atoms with Crippen LogP contribution < -0.4 is 20.5 Å². The van der Waals surface area contributed by atoms with E-state index in [1.54, 1.807) is 16.9 Å². The van der Waals surface area contributed by atoms with Gasteiger partial charge in [-0.1, -0.05) is 18.2 Å². The third kappa shape index (κ3) is 5.19. The van der Waals surface area contributed by atoms with E-state index in [1.165, 1.54) is 0 Å². The lowest BCUT2D eigenvalue weighted by Gasteiger charge is -2.36. The first-order chi connectivity index (χ1) is 20.1. The second kappa shape index (κ2) is 10.6. The highest BCUT2D eigenvalue weighted by atomic mass is 16.5. The second-order valence-corrected chi connectivity index (χ2v) is 10.5. The van der Waals surface area contributed by atoms with E-state index in [0.29, 0.717) is 19.7 Å². The van der Waals surface area contributed by atoms with Gasteiger partial charge in [0.1, 0.15) is 17.6 Å². The van der Waals surface area contributed by atoms with Crippen LogP contribution in [0.1, 0.15) is 28.4 Å². The average molecular weight is 547 g/mol.